The molecule has 3 aromatic rings. The Labute approximate surface area is 219 Å². The maximum Gasteiger partial charge on any atom is 0.270 e. The number of nitrogens with one attached hydrogen (secondary N) is 1. The molecule has 14 heteroatoms. The number of thiazole rings is 1. The van der Waals surface area contributed by atoms with Crippen LogP contribution < -0.4 is 5.32 Å². The first kappa shape index (κ1) is 25.9. The molecule has 1 N–H and O–H groups in total. The van der Waals surface area contributed by atoms with Crippen molar-refractivity contribution in [1.29, 1.82) is 0 Å². The molecule has 0 atom stereocenters. The number of benzene rings is 1. The molecular weight excluding hydrogens is 528 g/mol. The van der Waals surface area contributed by atoms with E-state index in [0.29, 0.717) is 61.9 Å². The van der Waals surface area contributed by atoms with Gasteiger partial charge in [-0.1, -0.05) is 22.9 Å². The average Bonchev–Trinajstić information content (AvgIpc) is 3.37. The Balaban J connectivity index is 1.34. The third-order valence-electron chi connectivity index (χ3n) is 5.69. The molecule has 0 spiro atoms. The van der Waals surface area contributed by atoms with Gasteiger partial charge >= 0.3 is 0 Å². The molecule has 3 heterocycles. The minimum Gasteiger partial charge on any atom is -0.344 e. The number of halogens is 1. The van der Waals surface area contributed by atoms with E-state index < -0.39 is 4.92 Å². The summed E-state index contributed by atoms with van der Waals surface area (Å²) in [4.78, 5) is 58.6. The second-order valence-corrected chi connectivity index (χ2v) is 10.9. The predicted octanol–water partition coefficient (Wildman–Crippen LogP) is 3.33. The fourth-order valence-corrected chi connectivity index (χ4v) is 6.29. The molecule has 0 unspecified atom stereocenters. The zero-order chi connectivity index (χ0) is 26.1. The second-order valence-electron chi connectivity index (χ2n) is 8.43. The Morgan fingerprint density at radius 3 is 2.50 bits per heavy atom. The van der Waals surface area contributed by atoms with Crippen LogP contribution >= 0.6 is 34.3 Å². The van der Waals surface area contributed by atoms with Crippen LogP contribution in [0.15, 0.2) is 18.2 Å². The lowest BCUT2D eigenvalue weighted by molar-refractivity contribution is -0.384. The van der Waals surface area contributed by atoms with Crippen molar-refractivity contribution in [2.45, 2.75) is 6.92 Å². The van der Waals surface area contributed by atoms with Gasteiger partial charge in [0.1, 0.15) is 9.75 Å². The molecule has 0 aliphatic carbocycles. The highest BCUT2D eigenvalue weighted by atomic mass is 35.5. The summed E-state index contributed by atoms with van der Waals surface area (Å²) in [6, 6.07) is 4.35. The largest absolute Gasteiger partial charge is 0.344 e. The molecule has 190 valence electrons. The standard InChI is InChI=1S/C22H23ClN6O5S2/c1-12-18(20(31)26(2)3)36-22(24-12)25-16(30)11-27-6-8-28(9-7-27)21(32)19-17(23)14-5-4-13(29(33)34)10-15(14)35-19/h4-5,10H,6-9,11H2,1-3H3,(H,24,25,30). The predicted molar refractivity (Wildman–Crippen MR) is 139 cm³/mol. The lowest BCUT2D eigenvalue weighted by atomic mass is 10.2. The number of hydrogen-bond acceptors (Lipinski definition) is 9. The number of non-ortho nitro benzene ring substituents is 1. The maximum atomic E-state index is 13.1. The van der Waals surface area contributed by atoms with Gasteiger partial charge in [0.05, 0.1) is 22.2 Å². The van der Waals surface area contributed by atoms with Gasteiger partial charge in [-0.2, -0.15) is 0 Å². The van der Waals surface area contributed by atoms with E-state index >= 15 is 0 Å². The van der Waals surface area contributed by atoms with E-state index in [2.05, 4.69) is 10.3 Å². The van der Waals surface area contributed by atoms with Crippen molar-refractivity contribution in [2.75, 3.05) is 52.1 Å². The number of nitro groups is 1. The molecule has 3 amide bonds. The van der Waals surface area contributed by atoms with Gasteiger partial charge in [0.2, 0.25) is 5.91 Å². The normalized spacial score (nSPS) is 14.2. The molecule has 0 saturated carbocycles. The smallest absolute Gasteiger partial charge is 0.270 e. The average molecular weight is 551 g/mol. The Morgan fingerprint density at radius 1 is 1.17 bits per heavy atom. The highest BCUT2D eigenvalue weighted by Crippen LogP contribution is 2.38. The Bertz CT molecular complexity index is 1360. The van der Waals surface area contributed by atoms with Crippen molar-refractivity contribution in [3.8, 4) is 0 Å². The number of amides is 3. The van der Waals surface area contributed by atoms with Crippen LogP contribution in [0.2, 0.25) is 5.02 Å². The van der Waals surface area contributed by atoms with Gasteiger partial charge < -0.3 is 15.1 Å². The number of aryl methyl sites for hydroxylation is 1. The minimum absolute atomic E-state index is 0.0558. The highest BCUT2D eigenvalue weighted by Gasteiger charge is 2.27. The molecule has 1 aliphatic heterocycles. The highest BCUT2D eigenvalue weighted by molar-refractivity contribution is 7.21. The van der Waals surface area contributed by atoms with Crippen molar-refractivity contribution < 1.29 is 19.3 Å². The summed E-state index contributed by atoms with van der Waals surface area (Å²) in [7, 11) is 3.32. The van der Waals surface area contributed by atoms with Crippen molar-refractivity contribution in [2.24, 2.45) is 0 Å². The molecule has 36 heavy (non-hydrogen) atoms. The molecule has 11 nitrogen and oxygen atoms in total. The van der Waals surface area contributed by atoms with E-state index in [1.165, 1.54) is 17.0 Å². The summed E-state index contributed by atoms with van der Waals surface area (Å²) in [5, 5.41) is 15.1. The first-order valence-corrected chi connectivity index (χ1v) is 12.9. The van der Waals surface area contributed by atoms with Crippen LogP contribution in [-0.4, -0.2) is 89.1 Å². The van der Waals surface area contributed by atoms with Crippen molar-refractivity contribution in [1.82, 2.24) is 19.7 Å². The molecule has 2 aromatic heterocycles. The Morgan fingerprint density at radius 2 is 1.86 bits per heavy atom. The number of piperazine rings is 1. The van der Waals surface area contributed by atoms with Crippen LogP contribution in [0, 0.1) is 17.0 Å². The van der Waals surface area contributed by atoms with Gasteiger partial charge in [-0.3, -0.25) is 29.4 Å². The number of aromatic nitrogens is 1. The third-order valence-corrected chi connectivity index (χ3v) is 8.39. The lowest BCUT2D eigenvalue weighted by Gasteiger charge is -2.34. The lowest BCUT2D eigenvalue weighted by Crippen LogP contribution is -2.50. The first-order valence-electron chi connectivity index (χ1n) is 10.9. The number of carbonyl (C=O) groups is 3. The van der Waals surface area contributed by atoms with Crippen LogP contribution in [0.1, 0.15) is 25.0 Å². The number of nitro benzene ring substituents is 1. The van der Waals surface area contributed by atoms with Crippen LogP contribution in [0.4, 0.5) is 10.8 Å². The van der Waals surface area contributed by atoms with E-state index in [0.717, 1.165) is 22.7 Å². The van der Waals surface area contributed by atoms with Crippen LogP contribution in [-0.2, 0) is 4.79 Å². The van der Waals surface area contributed by atoms with E-state index in [1.54, 1.807) is 32.0 Å². The third kappa shape index (κ3) is 5.33. The van der Waals surface area contributed by atoms with Gasteiger partial charge in [0.25, 0.3) is 17.5 Å². The van der Waals surface area contributed by atoms with Crippen LogP contribution in [0.3, 0.4) is 0 Å². The fourth-order valence-electron chi connectivity index (χ4n) is 3.77. The zero-order valence-corrected chi connectivity index (χ0v) is 22.1. The molecule has 4 rings (SSSR count). The van der Waals surface area contributed by atoms with Crippen molar-refractivity contribution in [3.63, 3.8) is 0 Å². The summed E-state index contributed by atoms with van der Waals surface area (Å²) in [6.07, 6.45) is 0. The molecule has 1 fully saturated rings. The Kier molecular flexibility index (Phi) is 7.54. The number of hydrogen-bond donors (Lipinski definition) is 1. The van der Waals surface area contributed by atoms with E-state index in [-0.39, 0.29) is 30.0 Å². The maximum absolute atomic E-state index is 13.1. The molecule has 1 saturated heterocycles. The van der Waals surface area contributed by atoms with E-state index in [4.69, 9.17) is 11.6 Å². The van der Waals surface area contributed by atoms with E-state index in [1.807, 2.05) is 4.90 Å². The van der Waals surface area contributed by atoms with Gasteiger partial charge in [-0.15, -0.1) is 11.3 Å². The van der Waals surface area contributed by atoms with Gasteiger partial charge in [0.15, 0.2) is 5.13 Å². The number of carbonyl (C=O) groups excluding carboxylic acids is 3. The molecular formula is C22H23ClN6O5S2. The molecule has 0 radical (unpaired) electrons. The van der Waals surface area contributed by atoms with Gasteiger partial charge in [-0.25, -0.2) is 4.98 Å². The number of nitrogens with zero attached hydrogens (tertiary/aromatic N) is 5. The quantitative estimate of drug-likeness (QED) is 0.368. The first-order chi connectivity index (χ1) is 17.0. The van der Waals surface area contributed by atoms with Gasteiger partial charge in [0, 0.05) is 62.5 Å². The number of rotatable bonds is 6. The molecule has 0 bridgehead atoms. The van der Waals surface area contributed by atoms with Gasteiger partial charge in [-0.05, 0) is 13.0 Å². The van der Waals surface area contributed by atoms with Crippen molar-refractivity contribution in [3.05, 3.63) is 48.8 Å². The van der Waals surface area contributed by atoms with Crippen LogP contribution in [0.5, 0.6) is 0 Å². The van der Waals surface area contributed by atoms with E-state index in [9.17, 15) is 24.5 Å². The fraction of sp³-hybridized carbons (Fsp3) is 0.364. The summed E-state index contributed by atoms with van der Waals surface area (Å²) < 4.78 is 0.584. The molecule has 1 aliphatic rings. The summed E-state index contributed by atoms with van der Waals surface area (Å²) in [5.41, 5.74) is 0.510. The monoisotopic (exact) mass is 550 g/mol. The van der Waals surface area contributed by atoms with Crippen LogP contribution in [0.25, 0.3) is 10.1 Å². The summed E-state index contributed by atoms with van der Waals surface area (Å²) in [5.74, 6) is -0.644. The number of anilines is 1. The summed E-state index contributed by atoms with van der Waals surface area (Å²) >= 11 is 8.71. The number of thiophene rings is 1. The Hall–Kier alpha value is -3.13. The zero-order valence-electron chi connectivity index (χ0n) is 19.7. The summed E-state index contributed by atoms with van der Waals surface area (Å²) in [6.45, 7) is 3.67. The topological polar surface area (TPSA) is 129 Å². The molecule has 1 aromatic carbocycles. The minimum atomic E-state index is -0.484. The SMILES string of the molecule is Cc1nc(NC(=O)CN2CCN(C(=O)c3sc4cc([N+](=O)[O-])ccc4c3Cl)CC2)sc1C(=O)N(C)C. The number of fused-ring (bicyclic) bond motifs is 1. The second kappa shape index (κ2) is 10.5. The van der Waals surface area contributed by atoms with Crippen molar-refractivity contribution >= 4 is 72.9 Å².